The van der Waals surface area contributed by atoms with Crippen LogP contribution >= 0.6 is 0 Å². The number of hydrogen-bond donors (Lipinski definition) is 1. The first kappa shape index (κ1) is 13.8. The Balaban J connectivity index is 2.09. The van der Waals surface area contributed by atoms with Gasteiger partial charge in [0.2, 0.25) is 5.91 Å². The molecular formula is C14H27N3O. The van der Waals surface area contributed by atoms with E-state index in [1.165, 1.54) is 25.7 Å². The smallest absolute Gasteiger partial charge is 0.241 e. The minimum atomic E-state index is -0.0137. The van der Waals surface area contributed by atoms with Crippen molar-refractivity contribution in [2.24, 2.45) is 5.92 Å². The number of carbonyl (C=O) groups is 1. The highest BCUT2D eigenvalue weighted by Gasteiger charge is 2.43. The summed E-state index contributed by atoms with van der Waals surface area (Å²) in [5, 5.41) is 3.51. The fraction of sp³-hybridized carbons (Fsp3) is 0.929. The molecule has 2 fully saturated rings. The lowest BCUT2D eigenvalue weighted by Gasteiger charge is -2.35. The van der Waals surface area contributed by atoms with Crippen molar-refractivity contribution in [2.75, 3.05) is 20.6 Å². The molecule has 3 atom stereocenters. The third kappa shape index (κ3) is 2.69. The van der Waals surface area contributed by atoms with Crippen LogP contribution in [0.1, 0.15) is 39.5 Å². The third-order valence-corrected chi connectivity index (χ3v) is 4.30. The van der Waals surface area contributed by atoms with Gasteiger partial charge < -0.3 is 9.80 Å². The van der Waals surface area contributed by atoms with Crippen molar-refractivity contribution < 1.29 is 4.79 Å². The van der Waals surface area contributed by atoms with E-state index in [9.17, 15) is 4.79 Å². The second kappa shape index (κ2) is 5.57. The van der Waals surface area contributed by atoms with Crippen molar-refractivity contribution in [3.63, 3.8) is 0 Å². The summed E-state index contributed by atoms with van der Waals surface area (Å²) in [6.45, 7) is 5.09. The monoisotopic (exact) mass is 253 g/mol. The largest absolute Gasteiger partial charge is 0.322 e. The van der Waals surface area contributed by atoms with Gasteiger partial charge in [0.25, 0.3) is 0 Å². The normalized spacial score (nSPS) is 31.6. The molecule has 1 saturated heterocycles. The molecule has 1 saturated carbocycles. The number of carbonyl (C=O) groups excluding carboxylic acids is 1. The van der Waals surface area contributed by atoms with Gasteiger partial charge in [-0.1, -0.05) is 12.8 Å². The zero-order valence-corrected chi connectivity index (χ0v) is 12.1. The Morgan fingerprint density at radius 3 is 2.56 bits per heavy atom. The van der Waals surface area contributed by atoms with Gasteiger partial charge in [0.1, 0.15) is 0 Å². The van der Waals surface area contributed by atoms with Gasteiger partial charge in [0.05, 0.1) is 12.2 Å². The SMILES string of the molecule is CC1NC(C2CCCC2)N(C(C)CN(C)C)C1=O. The fourth-order valence-corrected chi connectivity index (χ4v) is 3.51. The Kier molecular flexibility index (Phi) is 4.28. The second-order valence-electron chi connectivity index (χ2n) is 6.23. The first-order valence-electron chi connectivity index (χ1n) is 7.23. The standard InChI is InChI=1S/C14H27N3O/c1-10(9-16(3)4)17-13(12-7-5-6-8-12)15-11(2)14(17)18/h10-13,15H,5-9H2,1-4H3. The van der Waals surface area contributed by atoms with Crippen LogP contribution in [0.2, 0.25) is 0 Å². The predicted octanol–water partition coefficient (Wildman–Crippen LogP) is 1.27. The lowest BCUT2D eigenvalue weighted by molar-refractivity contribution is -0.132. The van der Waals surface area contributed by atoms with Crippen molar-refractivity contribution in [1.29, 1.82) is 0 Å². The van der Waals surface area contributed by atoms with Gasteiger partial charge in [-0.2, -0.15) is 0 Å². The van der Waals surface area contributed by atoms with Gasteiger partial charge in [-0.15, -0.1) is 0 Å². The van der Waals surface area contributed by atoms with Crippen LogP contribution < -0.4 is 5.32 Å². The van der Waals surface area contributed by atoms with E-state index >= 15 is 0 Å². The Morgan fingerprint density at radius 2 is 2.00 bits per heavy atom. The van der Waals surface area contributed by atoms with E-state index in [1.807, 2.05) is 6.92 Å². The molecule has 2 rings (SSSR count). The van der Waals surface area contributed by atoms with Gasteiger partial charge in [0, 0.05) is 12.6 Å². The molecule has 4 nitrogen and oxygen atoms in total. The minimum absolute atomic E-state index is 0.0137. The molecule has 0 spiro atoms. The van der Waals surface area contributed by atoms with Gasteiger partial charge in [-0.3, -0.25) is 10.1 Å². The van der Waals surface area contributed by atoms with Crippen LogP contribution in [0, 0.1) is 5.92 Å². The molecule has 4 heteroatoms. The van der Waals surface area contributed by atoms with Crippen molar-refractivity contribution in [1.82, 2.24) is 15.1 Å². The summed E-state index contributed by atoms with van der Waals surface area (Å²) < 4.78 is 0. The van der Waals surface area contributed by atoms with E-state index in [1.54, 1.807) is 0 Å². The highest BCUT2D eigenvalue weighted by Crippen LogP contribution is 2.32. The first-order chi connectivity index (χ1) is 8.50. The number of amides is 1. The molecule has 0 aromatic carbocycles. The number of hydrogen-bond acceptors (Lipinski definition) is 3. The van der Waals surface area contributed by atoms with E-state index in [0.717, 1.165) is 6.54 Å². The highest BCUT2D eigenvalue weighted by molar-refractivity contribution is 5.84. The Labute approximate surface area is 111 Å². The third-order valence-electron chi connectivity index (χ3n) is 4.30. The molecule has 1 aliphatic carbocycles. The minimum Gasteiger partial charge on any atom is -0.322 e. The fourth-order valence-electron chi connectivity index (χ4n) is 3.51. The maximum atomic E-state index is 12.3. The molecule has 0 aromatic heterocycles. The van der Waals surface area contributed by atoms with Crippen molar-refractivity contribution in [3.05, 3.63) is 0 Å². The van der Waals surface area contributed by atoms with Crippen LogP contribution in [0.3, 0.4) is 0 Å². The van der Waals surface area contributed by atoms with Gasteiger partial charge in [0.15, 0.2) is 0 Å². The summed E-state index contributed by atoms with van der Waals surface area (Å²) in [6.07, 6.45) is 5.44. The average Bonchev–Trinajstić information content (AvgIpc) is 2.87. The van der Waals surface area contributed by atoms with Crippen LogP contribution in [0.4, 0.5) is 0 Å². The molecule has 104 valence electrons. The second-order valence-corrected chi connectivity index (χ2v) is 6.23. The van der Waals surface area contributed by atoms with E-state index in [0.29, 0.717) is 5.92 Å². The predicted molar refractivity (Wildman–Crippen MR) is 73.2 cm³/mol. The Bertz CT molecular complexity index is 299. The first-order valence-corrected chi connectivity index (χ1v) is 7.23. The summed E-state index contributed by atoms with van der Waals surface area (Å²) in [7, 11) is 4.14. The van der Waals surface area contributed by atoms with E-state index in [4.69, 9.17) is 0 Å². The topological polar surface area (TPSA) is 35.6 Å². The van der Waals surface area contributed by atoms with Crippen LogP contribution in [0.25, 0.3) is 0 Å². The molecular weight excluding hydrogens is 226 g/mol. The Hall–Kier alpha value is -0.610. The van der Waals surface area contributed by atoms with Crippen LogP contribution in [0.5, 0.6) is 0 Å². The van der Waals surface area contributed by atoms with Crippen molar-refractivity contribution in [2.45, 2.75) is 57.8 Å². The summed E-state index contributed by atoms with van der Waals surface area (Å²) in [6, 6.07) is 0.274. The quantitative estimate of drug-likeness (QED) is 0.819. The van der Waals surface area contributed by atoms with Crippen LogP contribution in [-0.4, -0.2) is 54.6 Å². The lowest BCUT2D eigenvalue weighted by Crippen LogP contribution is -2.50. The summed E-state index contributed by atoms with van der Waals surface area (Å²) in [5.41, 5.74) is 0. The number of rotatable bonds is 4. The number of nitrogens with one attached hydrogen (secondary N) is 1. The van der Waals surface area contributed by atoms with E-state index in [-0.39, 0.29) is 24.2 Å². The van der Waals surface area contributed by atoms with E-state index < -0.39 is 0 Å². The van der Waals surface area contributed by atoms with E-state index in [2.05, 4.69) is 36.1 Å². The molecule has 0 bridgehead atoms. The summed E-state index contributed by atoms with van der Waals surface area (Å²) in [4.78, 5) is 16.6. The van der Waals surface area contributed by atoms with Gasteiger partial charge in [-0.25, -0.2) is 0 Å². The zero-order valence-electron chi connectivity index (χ0n) is 12.1. The lowest BCUT2D eigenvalue weighted by atomic mass is 10.0. The molecule has 0 radical (unpaired) electrons. The maximum Gasteiger partial charge on any atom is 0.241 e. The molecule has 1 heterocycles. The number of nitrogens with zero attached hydrogens (tertiary/aromatic N) is 2. The molecule has 3 unspecified atom stereocenters. The summed E-state index contributed by atoms with van der Waals surface area (Å²) >= 11 is 0. The molecule has 2 aliphatic rings. The molecule has 18 heavy (non-hydrogen) atoms. The van der Waals surface area contributed by atoms with Gasteiger partial charge in [-0.05, 0) is 46.7 Å². The van der Waals surface area contributed by atoms with Crippen LogP contribution in [0.15, 0.2) is 0 Å². The maximum absolute atomic E-state index is 12.3. The van der Waals surface area contributed by atoms with Crippen molar-refractivity contribution in [3.8, 4) is 0 Å². The highest BCUT2D eigenvalue weighted by atomic mass is 16.2. The molecule has 1 aliphatic heterocycles. The average molecular weight is 253 g/mol. The molecule has 0 aromatic rings. The van der Waals surface area contributed by atoms with Gasteiger partial charge >= 0.3 is 0 Å². The molecule has 1 N–H and O–H groups in total. The summed E-state index contributed by atoms with van der Waals surface area (Å²) in [5.74, 6) is 0.935. The number of likely N-dealkylation sites (N-methyl/N-ethyl adjacent to an activating group) is 1. The van der Waals surface area contributed by atoms with Crippen molar-refractivity contribution >= 4 is 5.91 Å². The zero-order chi connectivity index (χ0) is 13.3. The van der Waals surface area contributed by atoms with Crippen LogP contribution in [-0.2, 0) is 4.79 Å². The Morgan fingerprint density at radius 1 is 1.39 bits per heavy atom. The molecule has 1 amide bonds.